The molecule has 3 N–H and O–H groups in total. The Hall–Kier alpha value is -1.39. The van der Waals surface area contributed by atoms with Crippen molar-refractivity contribution in [3.05, 3.63) is 29.8 Å². The molecule has 1 aromatic rings. The second-order valence-electron chi connectivity index (χ2n) is 3.57. The lowest BCUT2D eigenvalue weighted by atomic mass is 10.2. The topological polar surface area (TPSA) is 61.4 Å². The van der Waals surface area contributed by atoms with Crippen LogP contribution in [-0.2, 0) is 11.4 Å². The van der Waals surface area contributed by atoms with Gasteiger partial charge in [0.2, 0.25) is 5.91 Å². The number of anilines is 1. The highest BCUT2D eigenvalue weighted by Gasteiger charge is 2.05. The Morgan fingerprint density at radius 2 is 2.12 bits per heavy atom. The number of carbonyl (C=O) groups is 1. The molecule has 4 nitrogen and oxygen atoms in total. The first-order valence-corrected chi connectivity index (χ1v) is 5.41. The van der Waals surface area contributed by atoms with Crippen molar-refractivity contribution in [1.29, 1.82) is 0 Å². The normalized spacial score (nSPS) is 10.1. The van der Waals surface area contributed by atoms with Crippen LogP contribution in [0.5, 0.6) is 0 Å². The monoisotopic (exact) mass is 222 g/mol. The van der Waals surface area contributed by atoms with E-state index in [2.05, 4.69) is 10.6 Å². The number of amides is 1. The van der Waals surface area contributed by atoms with E-state index in [1.807, 2.05) is 19.2 Å². The Bertz CT molecular complexity index is 340. The predicted octanol–water partition coefficient (Wildman–Crippen LogP) is 1.12. The molecule has 0 heterocycles. The summed E-state index contributed by atoms with van der Waals surface area (Å²) in [4.78, 5) is 11.5. The molecule has 0 radical (unpaired) electrons. The van der Waals surface area contributed by atoms with Crippen molar-refractivity contribution in [2.75, 3.05) is 18.9 Å². The van der Waals surface area contributed by atoms with Crippen LogP contribution in [0.15, 0.2) is 24.3 Å². The molecule has 4 heteroatoms. The number of aliphatic hydroxyl groups excluding tert-OH is 1. The number of aliphatic hydroxyl groups is 1. The molecule has 1 aromatic carbocycles. The van der Waals surface area contributed by atoms with Gasteiger partial charge in [0.1, 0.15) is 0 Å². The highest BCUT2D eigenvalue weighted by atomic mass is 16.3. The van der Waals surface area contributed by atoms with Crippen molar-refractivity contribution in [1.82, 2.24) is 5.32 Å². The SMILES string of the molecule is CNCCCC(=O)Nc1ccccc1CO. The maximum Gasteiger partial charge on any atom is 0.224 e. The molecule has 0 aliphatic carbocycles. The van der Waals surface area contributed by atoms with Crippen LogP contribution in [0.3, 0.4) is 0 Å². The lowest BCUT2D eigenvalue weighted by Crippen LogP contribution is -2.16. The first kappa shape index (κ1) is 12.7. The summed E-state index contributed by atoms with van der Waals surface area (Å²) in [6, 6.07) is 7.26. The first-order valence-electron chi connectivity index (χ1n) is 5.41. The van der Waals surface area contributed by atoms with E-state index in [0.717, 1.165) is 18.5 Å². The largest absolute Gasteiger partial charge is 0.392 e. The number of para-hydroxylation sites is 1. The molecule has 0 saturated heterocycles. The maximum absolute atomic E-state index is 11.5. The minimum absolute atomic E-state index is 0.0175. The van der Waals surface area contributed by atoms with E-state index in [1.54, 1.807) is 12.1 Å². The first-order chi connectivity index (χ1) is 7.77. The van der Waals surface area contributed by atoms with Crippen molar-refractivity contribution in [3.8, 4) is 0 Å². The van der Waals surface area contributed by atoms with Gasteiger partial charge in [-0.25, -0.2) is 0 Å². The molecule has 0 aliphatic heterocycles. The Labute approximate surface area is 95.7 Å². The summed E-state index contributed by atoms with van der Waals surface area (Å²) in [5, 5.41) is 14.9. The van der Waals surface area contributed by atoms with Crippen LogP contribution in [0.2, 0.25) is 0 Å². The van der Waals surface area contributed by atoms with E-state index >= 15 is 0 Å². The van der Waals surface area contributed by atoms with Gasteiger partial charge in [-0.15, -0.1) is 0 Å². The Kier molecular flexibility index (Phi) is 5.53. The van der Waals surface area contributed by atoms with Gasteiger partial charge < -0.3 is 15.7 Å². The van der Waals surface area contributed by atoms with Crippen molar-refractivity contribution >= 4 is 11.6 Å². The van der Waals surface area contributed by atoms with Gasteiger partial charge in [0, 0.05) is 17.7 Å². The van der Waals surface area contributed by atoms with E-state index in [9.17, 15) is 4.79 Å². The molecule has 0 aliphatic rings. The molecule has 88 valence electrons. The molecular weight excluding hydrogens is 204 g/mol. The highest BCUT2D eigenvalue weighted by Crippen LogP contribution is 2.14. The van der Waals surface area contributed by atoms with Crippen molar-refractivity contribution in [2.45, 2.75) is 19.4 Å². The van der Waals surface area contributed by atoms with Crippen LogP contribution in [0.4, 0.5) is 5.69 Å². The fourth-order valence-electron chi connectivity index (χ4n) is 1.42. The molecule has 0 atom stereocenters. The summed E-state index contributed by atoms with van der Waals surface area (Å²) < 4.78 is 0. The molecule has 1 amide bonds. The molecule has 0 unspecified atom stereocenters. The van der Waals surface area contributed by atoms with Gasteiger partial charge in [0.15, 0.2) is 0 Å². The minimum Gasteiger partial charge on any atom is -0.392 e. The van der Waals surface area contributed by atoms with Crippen LogP contribution < -0.4 is 10.6 Å². The molecule has 0 spiro atoms. The molecule has 0 bridgehead atoms. The van der Waals surface area contributed by atoms with Crippen molar-refractivity contribution in [3.63, 3.8) is 0 Å². The van der Waals surface area contributed by atoms with E-state index in [-0.39, 0.29) is 12.5 Å². The van der Waals surface area contributed by atoms with Crippen LogP contribution >= 0.6 is 0 Å². The number of hydrogen-bond donors (Lipinski definition) is 3. The van der Waals surface area contributed by atoms with Gasteiger partial charge in [-0.1, -0.05) is 18.2 Å². The Morgan fingerprint density at radius 3 is 2.81 bits per heavy atom. The smallest absolute Gasteiger partial charge is 0.224 e. The Morgan fingerprint density at radius 1 is 1.38 bits per heavy atom. The molecule has 1 rings (SSSR count). The molecule has 0 fully saturated rings. The van der Waals surface area contributed by atoms with Crippen LogP contribution in [0.25, 0.3) is 0 Å². The van der Waals surface area contributed by atoms with Crippen LogP contribution in [0.1, 0.15) is 18.4 Å². The zero-order chi connectivity index (χ0) is 11.8. The molecule has 0 aromatic heterocycles. The highest BCUT2D eigenvalue weighted by molar-refractivity contribution is 5.91. The fourth-order valence-corrected chi connectivity index (χ4v) is 1.42. The summed E-state index contributed by atoms with van der Waals surface area (Å²) in [5.74, 6) is -0.0175. The van der Waals surface area contributed by atoms with E-state index < -0.39 is 0 Å². The lowest BCUT2D eigenvalue weighted by Gasteiger charge is -2.08. The summed E-state index contributed by atoms with van der Waals surface area (Å²) >= 11 is 0. The van der Waals surface area contributed by atoms with Gasteiger partial charge in [-0.05, 0) is 26.1 Å². The summed E-state index contributed by atoms with van der Waals surface area (Å²) in [6.45, 7) is 0.766. The van der Waals surface area contributed by atoms with Gasteiger partial charge in [0.25, 0.3) is 0 Å². The maximum atomic E-state index is 11.5. The second-order valence-corrected chi connectivity index (χ2v) is 3.57. The van der Waals surface area contributed by atoms with E-state index in [1.165, 1.54) is 0 Å². The summed E-state index contributed by atoms with van der Waals surface area (Å²) in [6.07, 6.45) is 1.30. The van der Waals surface area contributed by atoms with Crippen molar-refractivity contribution < 1.29 is 9.90 Å². The minimum atomic E-state index is -0.0625. The number of benzene rings is 1. The van der Waals surface area contributed by atoms with Gasteiger partial charge in [-0.2, -0.15) is 0 Å². The van der Waals surface area contributed by atoms with Gasteiger partial charge >= 0.3 is 0 Å². The molecule has 0 saturated carbocycles. The van der Waals surface area contributed by atoms with Crippen molar-refractivity contribution in [2.24, 2.45) is 0 Å². The zero-order valence-corrected chi connectivity index (χ0v) is 9.49. The molecule has 16 heavy (non-hydrogen) atoms. The Balaban J connectivity index is 2.49. The van der Waals surface area contributed by atoms with Gasteiger partial charge in [0.05, 0.1) is 6.61 Å². The molecular formula is C12H18N2O2. The summed E-state index contributed by atoms with van der Waals surface area (Å²) in [5.41, 5.74) is 1.43. The fraction of sp³-hybridized carbons (Fsp3) is 0.417. The standard InChI is InChI=1S/C12H18N2O2/c1-13-8-4-7-12(16)14-11-6-3-2-5-10(11)9-15/h2-3,5-6,13,15H,4,7-9H2,1H3,(H,14,16). The van der Waals surface area contributed by atoms with Crippen LogP contribution in [0, 0.1) is 0 Å². The third-order valence-corrected chi connectivity index (χ3v) is 2.29. The number of carbonyl (C=O) groups excluding carboxylic acids is 1. The van der Waals surface area contributed by atoms with E-state index in [0.29, 0.717) is 12.1 Å². The quantitative estimate of drug-likeness (QED) is 0.632. The lowest BCUT2D eigenvalue weighted by molar-refractivity contribution is -0.116. The summed E-state index contributed by atoms with van der Waals surface area (Å²) in [7, 11) is 1.86. The third kappa shape index (κ3) is 4.00. The van der Waals surface area contributed by atoms with Gasteiger partial charge in [-0.3, -0.25) is 4.79 Å². The number of nitrogens with one attached hydrogen (secondary N) is 2. The van der Waals surface area contributed by atoms with Crippen LogP contribution in [-0.4, -0.2) is 24.6 Å². The second kappa shape index (κ2) is 6.98. The van der Waals surface area contributed by atoms with E-state index in [4.69, 9.17) is 5.11 Å². The number of hydrogen-bond acceptors (Lipinski definition) is 3. The third-order valence-electron chi connectivity index (χ3n) is 2.29. The predicted molar refractivity (Wildman–Crippen MR) is 64.2 cm³/mol. The average molecular weight is 222 g/mol. The number of rotatable bonds is 6. The average Bonchev–Trinajstić information content (AvgIpc) is 2.30. The zero-order valence-electron chi connectivity index (χ0n) is 9.49.